The highest BCUT2D eigenvalue weighted by atomic mass is 35.5. The summed E-state index contributed by atoms with van der Waals surface area (Å²) in [5.74, 6) is -0.0140. The van der Waals surface area contributed by atoms with Gasteiger partial charge in [-0.25, -0.2) is 17.9 Å². The number of halogens is 1. The molecule has 1 amide bonds. The average molecular weight is 539 g/mol. The molecule has 3 aromatic carbocycles. The number of benzene rings is 3. The number of hydrogen-bond donors (Lipinski definition) is 1. The minimum atomic E-state index is -3.70. The van der Waals surface area contributed by atoms with Gasteiger partial charge in [-0.15, -0.1) is 5.10 Å². The fraction of sp³-hybridized carbons (Fsp3) is 0.222. The van der Waals surface area contributed by atoms with Crippen LogP contribution in [0.4, 0.5) is 0 Å². The Kier molecular flexibility index (Phi) is 7.94. The van der Waals surface area contributed by atoms with Crippen molar-refractivity contribution in [3.05, 3.63) is 105 Å². The van der Waals surface area contributed by atoms with E-state index < -0.39 is 15.9 Å². The predicted molar refractivity (Wildman–Crippen MR) is 145 cm³/mol. The number of para-hydroxylation sites is 1. The molecule has 0 atom stereocenters. The Morgan fingerprint density at radius 3 is 2.35 bits per heavy atom. The molecule has 192 valence electrons. The quantitative estimate of drug-likeness (QED) is 0.339. The van der Waals surface area contributed by atoms with Crippen molar-refractivity contribution in [3.8, 4) is 16.8 Å². The van der Waals surface area contributed by atoms with Gasteiger partial charge in [0, 0.05) is 12.0 Å². The summed E-state index contributed by atoms with van der Waals surface area (Å²) in [4.78, 5) is 25.9. The van der Waals surface area contributed by atoms with Crippen molar-refractivity contribution in [3.63, 3.8) is 0 Å². The third-order valence-corrected chi connectivity index (χ3v) is 6.70. The van der Waals surface area contributed by atoms with Crippen molar-refractivity contribution in [2.75, 3.05) is 6.26 Å². The second-order valence-corrected chi connectivity index (χ2v) is 10.9. The Morgan fingerprint density at radius 1 is 1.00 bits per heavy atom. The lowest BCUT2D eigenvalue weighted by Gasteiger charge is -2.11. The first-order valence-corrected chi connectivity index (χ1v) is 14.1. The number of nitrogens with one attached hydrogen (secondary N) is 1. The molecule has 0 saturated carbocycles. The maximum absolute atomic E-state index is 13.3. The third-order valence-electron chi connectivity index (χ3n) is 5.83. The van der Waals surface area contributed by atoms with E-state index >= 15 is 0 Å². The summed E-state index contributed by atoms with van der Waals surface area (Å²) < 4.78 is 28.1. The van der Waals surface area contributed by atoms with Crippen LogP contribution >= 0.6 is 11.6 Å². The largest absolute Gasteiger partial charge is 0.351 e. The van der Waals surface area contributed by atoms with E-state index in [4.69, 9.17) is 11.6 Å². The molecule has 10 heteroatoms. The van der Waals surface area contributed by atoms with Crippen LogP contribution in [0.1, 0.15) is 41.5 Å². The lowest BCUT2D eigenvalue weighted by atomic mass is 9.98. The second kappa shape index (κ2) is 11.1. The normalized spacial score (nSPS) is 11.4. The molecule has 4 aromatic rings. The van der Waals surface area contributed by atoms with Gasteiger partial charge in [-0.1, -0.05) is 79.5 Å². The van der Waals surface area contributed by atoms with Crippen LogP contribution in [-0.4, -0.2) is 34.9 Å². The minimum absolute atomic E-state index is 0.250. The molecule has 0 unspecified atom stereocenters. The Bertz CT molecular complexity index is 1590. The molecule has 0 aliphatic heterocycles. The van der Waals surface area contributed by atoms with Crippen LogP contribution in [0.25, 0.3) is 16.8 Å². The van der Waals surface area contributed by atoms with Crippen molar-refractivity contribution in [2.45, 2.75) is 32.7 Å². The summed E-state index contributed by atoms with van der Waals surface area (Å²) in [5.41, 5.74) is 2.73. The van der Waals surface area contributed by atoms with Crippen molar-refractivity contribution in [2.24, 2.45) is 0 Å². The van der Waals surface area contributed by atoms with Crippen LogP contribution in [0.2, 0.25) is 5.02 Å². The number of sulfonamides is 1. The van der Waals surface area contributed by atoms with E-state index in [1.54, 1.807) is 47.0 Å². The van der Waals surface area contributed by atoms with E-state index in [2.05, 4.69) is 12.0 Å². The number of aromatic nitrogens is 3. The number of carbonyl (C=O) groups excluding carboxylic acids is 1. The molecule has 0 saturated heterocycles. The van der Waals surface area contributed by atoms with Gasteiger partial charge in [-0.3, -0.25) is 9.36 Å². The van der Waals surface area contributed by atoms with Gasteiger partial charge in [0.2, 0.25) is 10.0 Å². The summed E-state index contributed by atoms with van der Waals surface area (Å²) in [7, 11) is -3.70. The van der Waals surface area contributed by atoms with E-state index in [1.807, 2.05) is 35.1 Å². The van der Waals surface area contributed by atoms with Crippen LogP contribution in [0.3, 0.4) is 0 Å². The van der Waals surface area contributed by atoms with E-state index in [0.29, 0.717) is 35.1 Å². The van der Waals surface area contributed by atoms with Crippen LogP contribution in [0.15, 0.2) is 77.6 Å². The van der Waals surface area contributed by atoms with Crippen molar-refractivity contribution in [1.82, 2.24) is 19.1 Å². The number of hydrogen-bond acceptors (Lipinski definition) is 5. The summed E-state index contributed by atoms with van der Waals surface area (Å²) >= 11 is 6.33. The molecule has 1 heterocycles. The minimum Gasteiger partial charge on any atom is -0.274 e. The second-order valence-electron chi connectivity index (χ2n) is 8.70. The maximum Gasteiger partial charge on any atom is 0.351 e. The molecule has 0 radical (unpaired) electrons. The van der Waals surface area contributed by atoms with Crippen molar-refractivity contribution in [1.29, 1.82) is 0 Å². The summed E-state index contributed by atoms with van der Waals surface area (Å²) in [6.45, 7) is 2.40. The first kappa shape index (κ1) is 26.4. The van der Waals surface area contributed by atoms with Gasteiger partial charge in [0.15, 0.2) is 0 Å². The smallest absolute Gasteiger partial charge is 0.274 e. The van der Waals surface area contributed by atoms with E-state index in [-0.39, 0.29) is 11.3 Å². The van der Waals surface area contributed by atoms with Gasteiger partial charge >= 0.3 is 5.69 Å². The van der Waals surface area contributed by atoms with Crippen LogP contribution in [-0.2, 0) is 23.0 Å². The average Bonchev–Trinajstić information content (AvgIpc) is 3.17. The molecular weight excluding hydrogens is 512 g/mol. The summed E-state index contributed by atoms with van der Waals surface area (Å²) in [6, 6.07) is 21.3. The molecule has 8 nitrogen and oxygen atoms in total. The Balaban J connectivity index is 1.66. The molecule has 37 heavy (non-hydrogen) atoms. The van der Waals surface area contributed by atoms with E-state index in [9.17, 15) is 18.0 Å². The molecule has 1 aromatic heterocycles. The maximum atomic E-state index is 13.3. The number of nitrogens with zero attached hydrogens (tertiary/aromatic N) is 3. The Morgan fingerprint density at radius 2 is 1.68 bits per heavy atom. The highest BCUT2D eigenvalue weighted by Gasteiger charge is 2.18. The third kappa shape index (κ3) is 6.18. The van der Waals surface area contributed by atoms with Gasteiger partial charge in [0.1, 0.15) is 5.82 Å². The molecule has 1 N–H and O–H groups in total. The number of carbonyl (C=O) groups is 1. The van der Waals surface area contributed by atoms with Gasteiger partial charge in [0.05, 0.1) is 23.5 Å². The monoisotopic (exact) mass is 538 g/mol. The zero-order valence-corrected chi connectivity index (χ0v) is 22.1. The Labute approximate surface area is 220 Å². The summed E-state index contributed by atoms with van der Waals surface area (Å²) in [6.07, 6.45) is 3.45. The van der Waals surface area contributed by atoms with Gasteiger partial charge in [-0.05, 0) is 41.3 Å². The van der Waals surface area contributed by atoms with Crippen LogP contribution in [0, 0.1) is 0 Å². The summed E-state index contributed by atoms with van der Waals surface area (Å²) in [5, 5.41) is 5.03. The first-order chi connectivity index (χ1) is 17.7. The molecule has 0 bridgehead atoms. The highest BCUT2D eigenvalue weighted by molar-refractivity contribution is 7.89. The van der Waals surface area contributed by atoms with Gasteiger partial charge < -0.3 is 0 Å². The Hall–Kier alpha value is -3.69. The topological polar surface area (TPSA) is 103 Å². The van der Waals surface area contributed by atoms with E-state index in [1.165, 1.54) is 4.68 Å². The van der Waals surface area contributed by atoms with E-state index in [0.717, 1.165) is 30.2 Å². The van der Waals surface area contributed by atoms with Crippen molar-refractivity contribution >= 4 is 27.5 Å². The standard InChI is InChI=1S/C27H27ClN4O4S/c1-3-4-13-25-29-32(24-12-8-7-11-23(24)28)27(34)31(25)18-19-14-16-20(17-15-19)21-9-5-6-10-22(21)26(33)30-37(2,35)36/h5-12,14-17H,3-4,13,18H2,1-2H3,(H,30,33). The van der Waals surface area contributed by atoms with Gasteiger partial charge in [0.25, 0.3) is 5.91 Å². The first-order valence-electron chi connectivity index (χ1n) is 11.8. The fourth-order valence-corrected chi connectivity index (χ4v) is 4.69. The zero-order chi connectivity index (χ0) is 26.6. The lowest BCUT2D eigenvalue weighted by Crippen LogP contribution is -2.29. The molecular formula is C27H27ClN4O4S. The molecule has 0 aliphatic carbocycles. The predicted octanol–water partition coefficient (Wildman–Crippen LogP) is 4.43. The zero-order valence-electron chi connectivity index (χ0n) is 20.5. The van der Waals surface area contributed by atoms with Crippen LogP contribution < -0.4 is 10.4 Å². The highest BCUT2D eigenvalue weighted by Crippen LogP contribution is 2.25. The van der Waals surface area contributed by atoms with Crippen molar-refractivity contribution < 1.29 is 13.2 Å². The molecule has 0 fully saturated rings. The molecule has 4 rings (SSSR count). The number of unbranched alkanes of at least 4 members (excludes halogenated alkanes) is 1. The number of aryl methyl sites for hydroxylation is 1. The van der Waals surface area contributed by atoms with Gasteiger partial charge in [-0.2, -0.15) is 4.68 Å². The van der Waals surface area contributed by atoms with Crippen LogP contribution in [0.5, 0.6) is 0 Å². The number of amides is 1. The SMILES string of the molecule is CCCCc1nn(-c2ccccc2Cl)c(=O)n1Cc1ccc(-c2ccccc2C(=O)NS(C)(=O)=O)cc1. The molecule has 0 aliphatic rings. The molecule has 0 spiro atoms. The fourth-order valence-electron chi connectivity index (χ4n) is 4.02. The lowest BCUT2D eigenvalue weighted by molar-refractivity contribution is 0.0982. The number of rotatable bonds is 9.